The van der Waals surface area contributed by atoms with Crippen molar-refractivity contribution < 1.29 is 4.58 Å². The van der Waals surface area contributed by atoms with Crippen molar-refractivity contribution in [2.45, 2.75) is 13.3 Å². The molecule has 0 saturated carbocycles. The first-order valence-electron chi connectivity index (χ1n) is 3.78. The first-order valence-corrected chi connectivity index (χ1v) is 5.64. The normalized spacial score (nSPS) is 14.6. The number of hydrogen-bond acceptors (Lipinski definition) is 4. The van der Waals surface area contributed by atoms with Crippen molar-refractivity contribution in [2.75, 3.05) is 19.1 Å². The molecule has 0 rings (SSSR count). The Morgan fingerprint density at radius 3 is 2.67 bits per heavy atom. The van der Waals surface area contributed by atoms with Gasteiger partial charge in [-0.1, -0.05) is 13.0 Å². The molecule has 5 heteroatoms. The lowest BCUT2D eigenvalue weighted by Crippen LogP contribution is -3.06. The van der Waals surface area contributed by atoms with E-state index in [-0.39, 0.29) is 4.58 Å². The molecule has 72 valence electrons. The predicted octanol–water partition coefficient (Wildman–Crippen LogP) is 0.718. The van der Waals surface area contributed by atoms with Crippen molar-refractivity contribution in [3.8, 4) is 0 Å². The molecule has 0 aromatic carbocycles. The molecule has 0 aromatic heterocycles. The lowest BCUT2D eigenvalue weighted by molar-refractivity contribution is -0.829. The molecule has 1 atom stereocenters. The van der Waals surface area contributed by atoms with E-state index in [4.69, 9.17) is 0 Å². The van der Waals surface area contributed by atoms with Crippen LogP contribution in [0.5, 0.6) is 0 Å². The lowest BCUT2D eigenvalue weighted by Gasteiger charge is -2.30. The van der Waals surface area contributed by atoms with Crippen molar-refractivity contribution in [3.05, 3.63) is 17.0 Å². The van der Waals surface area contributed by atoms with E-state index < -0.39 is 0 Å². The van der Waals surface area contributed by atoms with E-state index in [1.54, 1.807) is 18.3 Å². The fourth-order valence-electron chi connectivity index (χ4n) is 0.878. The van der Waals surface area contributed by atoms with Crippen LogP contribution in [0.3, 0.4) is 0 Å². The van der Waals surface area contributed by atoms with Gasteiger partial charge in [0.1, 0.15) is 0 Å². The molecule has 0 aliphatic carbocycles. The van der Waals surface area contributed by atoms with Crippen LogP contribution in [0.25, 0.3) is 0 Å². The highest BCUT2D eigenvalue weighted by molar-refractivity contribution is 7.92. The van der Waals surface area contributed by atoms with E-state index in [0.717, 1.165) is 12.1 Å². The maximum atomic E-state index is 11.2. The Morgan fingerprint density at radius 2 is 2.33 bits per heavy atom. The van der Waals surface area contributed by atoms with Crippen molar-refractivity contribution in [2.24, 2.45) is 0 Å². The SMILES string of the molecule is CC/C(=C\CS)N(C)[NH+]([O-])SC. The quantitative estimate of drug-likeness (QED) is 0.396. The van der Waals surface area contributed by atoms with Crippen LogP contribution in [0.4, 0.5) is 0 Å². The van der Waals surface area contributed by atoms with Gasteiger partial charge in [0, 0.05) is 12.0 Å². The summed E-state index contributed by atoms with van der Waals surface area (Å²) in [6.07, 6.45) is 4.60. The molecule has 1 unspecified atom stereocenters. The minimum Gasteiger partial charge on any atom is -0.596 e. The molecular formula is C7H16N2OS2. The molecule has 1 N–H and O–H groups in total. The topological polar surface area (TPSA) is 30.7 Å². The zero-order valence-corrected chi connectivity index (χ0v) is 9.41. The Morgan fingerprint density at radius 1 is 1.75 bits per heavy atom. The molecular weight excluding hydrogens is 192 g/mol. The Balaban J connectivity index is 4.20. The third-order valence-corrected chi connectivity index (χ3v) is 2.37. The number of rotatable bonds is 5. The average molecular weight is 208 g/mol. The molecule has 3 nitrogen and oxygen atoms in total. The summed E-state index contributed by atoms with van der Waals surface area (Å²) < 4.78 is 0.0740. The Labute approximate surface area is 83.9 Å². The second kappa shape index (κ2) is 6.65. The van der Waals surface area contributed by atoms with Crippen LogP contribution in [0.1, 0.15) is 13.3 Å². The van der Waals surface area contributed by atoms with Gasteiger partial charge in [-0.3, -0.25) is 0 Å². The number of hydrogen-bond donors (Lipinski definition) is 2. The molecule has 0 aromatic rings. The number of thiol groups is 1. The van der Waals surface area contributed by atoms with Crippen molar-refractivity contribution >= 4 is 24.6 Å². The van der Waals surface area contributed by atoms with Gasteiger partial charge in [-0.2, -0.15) is 12.6 Å². The largest absolute Gasteiger partial charge is 0.596 e. The van der Waals surface area contributed by atoms with E-state index >= 15 is 0 Å². The predicted molar refractivity (Wildman–Crippen MR) is 57.8 cm³/mol. The molecule has 12 heavy (non-hydrogen) atoms. The van der Waals surface area contributed by atoms with Gasteiger partial charge < -0.3 is 5.21 Å². The maximum absolute atomic E-state index is 11.2. The van der Waals surface area contributed by atoms with Gasteiger partial charge in [0.15, 0.2) is 0 Å². The first kappa shape index (κ1) is 12.2. The summed E-state index contributed by atoms with van der Waals surface area (Å²) >= 11 is 5.31. The zero-order valence-electron chi connectivity index (χ0n) is 7.70. The number of allylic oxidation sites excluding steroid dienone is 1. The Kier molecular flexibility index (Phi) is 6.74. The maximum Gasteiger partial charge on any atom is 0.0966 e. The Bertz CT molecular complexity index is 152. The van der Waals surface area contributed by atoms with Gasteiger partial charge in [0.2, 0.25) is 0 Å². The molecule has 0 bridgehead atoms. The summed E-state index contributed by atoms with van der Waals surface area (Å²) in [6.45, 7) is 2.03. The highest BCUT2D eigenvalue weighted by atomic mass is 32.2. The third-order valence-electron chi connectivity index (χ3n) is 1.57. The first-order chi connectivity index (χ1) is 5.67. The van der Waals surface area contributed by atoms with Gasteiger partial charge in [-0.15, -0.1) is 0 Å². The van der Waals surface area contributed by atoms with Crippen LogP contribution < -0.4 is 4.58 Å². The molecule has 0 aliphatic heterocycles. The van der Waals surface area contributed by atoms with E-state index in [1.807, 2.05) is 13.0 Å². The summed E-state index contributed by atoms with van der Waals surface area (Å²) in [5.74, 6) is 0.676. The van der Waals surface area contributed by atoms with E-state index in [2.05, 4.69) is 12.6 Å². The second-order valence-corrected chi connectivity index (χ2v) is 3.38. The monoisotopic (exact) mass is 208 g/mol. The third kappa shape index (κ3) is 3.71. The fourth-order valence-corrected chi connectivity index (χ4v) is 1.48. The van der Waals surface area contributed by atoms with Crippen LogP contribution in [0, 0.1) is 5.21 Å². The smallest absolute Gasteiger partial charge is 0.0966 e. The molecule has 0 heterocycles. The van der Waals surface area contributed by atoms with Crippen LogP contribution >= 0.6 is 24.6 Å². The Hall–Kier alpha value is 0.160. The minimum atomic E-state index is 0.0740. The molecule has 0 saturated heterocycles. The van der Waals surface area contributed by atoms with E-state index in [9.17, 15) is 5.21 Å². The van der Waals surface area contributed by atoms with Gasteiger partial charge in [-0.25, -0.2) is 9.59 Å². The zero-order chi connectivity index (χ0) is 9.56. The van der Waals surface area contributed by atoms with Crippen molar-refractivity contribution in [3.63, 3.8) is 0 Å². The van der Waals surface area contributed by atoms with Gasteiger partial charge in [0.05, 0.1) is 24.7 Å². The molecule has 0 fully saturated rings. The minimum absolute atomic E-state index is 0.0740. The molecule has 0 radical (unpaired) electrons. The summed E-state index contributed by atoms with van der Waals surface area (Å²) in [5.41, 5.74) is 1.03. The summed E-state index contributed by atoms with van der Waals surface area (Å²) in [5, 5.41) is 12.9. The van der Waals surface area contributed by atoms with Crippen LogP contribution in [0.2, 0.25) is 0 Å². The standard InChI is InChI=1S/C7H16N2OS2/c1-4-7(5-6-11)8(2)9(10)12-3/h5,9,11H,4,6H2,1-3H3/b7-5+. The van der Waals surface area contributed by atoms with Crippen LogP contribution in [-0.2, 0) is 0 Å². The van der Waals surface area contributed by atoms with Gasteiger partial charge >= 0.3 is 0 Å². The number of nitrogens with one attached hydrogen (secondary N) is 1. The lowest BCUT2D eigenvalue weighted by atomic mass is 10.3. The highest BCUT2D eigenvalue weighted by Gasteiger charge is 2.07. The summed E-state index contributed by atoms with van der Waals surface area (Å²) in [7, 11) is 1.79. The number of quaternary nitrogens is 1. The fraction of sp³-hybridized carbons (Fsp3) is 0.714. The van der Waals surface area contributed by atoms with E-state index in [0.29, 0.717) is 5.75 Å². The summed E-state index contributed by atoms with van der Waals surface area (Å²) in [6, 6.07) is 0. The highest BCUT2D eigenvalue weighted by Crippen LogP contribution is 2.02. The van der Waals surface area contributed by atoms with Crippen molar-refractivity contribution in [1.29, 1.82) is 0 Å². The van der Waals surface area contributed by atoms with Crippen LogP contribution in [-0.4, -0.2) is 24.1 Å². The molecule has 0 spiro atoms. The average Bonchev–Trinajstić information content (AvgIpc) is 2.11. The number of nitrogens with zero attached hydrogens (tertiary/aromatic N) is 1. The van der Waals surface area contributed by atoms with Crippen molar-refractivity contribution in [1.82, 2.24) is 5.01 Å². The van der Waals surface area contributed by atoms with Gasteiger partial charge in [-0.05, 0) is 6.42 Å². The molecule has 0 aliphatic rings. The summed E-state index contributed by atoms with van der Waals surface area (Å²) in [4.78, 5) is 0. The second-order valence-electron chi connectivity index (χ2n) is 2.26. The van der Waals surface area contributed by atoms with E-state index in [1.165, 1.54) is 11.9 Å². The van der Waals surface area contributed by atoms with Gasteiger partial charge in [0.25, 0.3) is 0 Å². The molecule has 0 amide bonds. The van der Waals surface area contributed by atoms with Crippen LogP contribution in [0.15, 0.2) is 11.8 Å².